The van der Waals surface area contributed by atoms with Gasteiger partial charge in [-0.25, -0.2) is 4.39 Å². The summed E-state index contributed by atoms with van der Waals surface area (Å²) in [5.74, 6) is 1.08. The topological polar surface area (TPSA) is 44.4 Å². The first-order valence-corrected chi connectivity index (χ1v) is 7.15. The maximum atomic E-state index is 13.4. The summed E-state index contributed by atoms with van der Waals surface area (Å²) in [7, 11) is 0. The van der Waals surface area contributed by atoms with Gasteiger partial charge in [-0.3, -0.25) is 9.69 Å². The highest BCUT2D eigenvalue weighted by atomic mass is 19.1. The van der Waals surface area contributed by atoms with E-state index in [0.29, 0.717) is 23.9 Å². The molecule has 2 N–H and O–H groups in total. The van der Waals surface area contributed by atoms with Gasteiger partial charge in [0.05, 0.1) is 6.54 Å². The van der Waals surface area contributed by atoms with Crippen LogP contribution < -0.4 is 10.6 Å². The van der Waals surface area contributed by atoms with Crippen LogP contribution in [0.4, 0.5) is 4.39 Å². The summed E-state index contributed by atoms with van der Waals surface area (Å²) in [6.07, 6.45) is 0. The lowest BCUT2D eigenvalue weighted by Gasteiger charge is -2.16. The van der Waals surface area contributed by atoms with Crippen molar-refractivity contribution in [2.45, 2.75) is 6.54 Å². The minimum Gasteiger partial charge on any atom is -0.351 e. The molecule has 108 valence electrons. The Balaban J connectivity index is 1.45. The van der Waals surface area contributed by atoms with E-state index >= 15 is 0 Å². The van der Waals surface area contributed by atoms with Crippen LogP contribution in [0.15, 0.2) is 24.3 Å². The first-order valence-electron chi connectivity index (χ1n) is 7.15. The molecule has 2 heterocycles. The van der Waals surface area contributed by atoms with Gasteiger partial charge in [0.25, 0.3) is 0 Å². The van der Waals surface area contributed by atoms with Crippen LogP contribution in [0.25, 0.3) is 0 Å². The van der Waals surface area contributed by atoms with Crippen LogP contribution in [-0.4, -0.2) is 43.5 Å². The average Bonchev–Trinajstić information content (AvgIpc) is 2.98. The molecule has 0 radical (unpaired) electrons. The number of fused-ring (bicyclic) bond motifs is 1. The van der Waals surface area contributed by atoms with Crippen molar-refractivity contribution in [3.63, 3.8) is 0 Å². The maximum Gasteiger partial charge on any atom is 0.234 e. The van der Waals surface area contributed by atoms with Gasteiger partial charge in [-0.1, -0.05) is 18.2 Å². The number of carbonyl (C=O) groups excluding carboxylic acids is 1. The molecule has 2 unspecified atom stereocenters. The molecular weight excluding hydrogens is 257 g/mol. The van der Waals surface area contributed by atoms with E-state index < -0.39 is 0 Å². The van der Waals surface area contributed by atoms with Crippen LogP contribution in [0.5, 0.6) is 0 Å². The van der Waals surface area contributed by atoms with Gasteiger partial charge in [0.15, 0.2) is 0 Å². The highest BCUT2D eigenvalue weighted by Gasteiger charge is 2.36. The molecule has 0 aliphatic carbocycles. The molecular formula is C15H20FN3O. The van der Waals surface area contributed by atoms with Crippen LogP contribution >= 0.6 is 0 Å². The summed E-state index contributed by atoms with van der Waals surface area (Å²) < 4.78 is 13.4. The van der Waals surface area contributed by atoms with Gasteiger partial charge < -0.3 is 10.6 Å². The Hall–Kier alpha value is -1.46. The third kappa shape index (κ3) is 2.99. The summed E-state index contributed by atoms with van der Waals surface area (Å²) in [5.41, 5.74) is 0.531. The van der Waals surface area contributed by atoms with Gasteiger partial charge in [0.2, 0.25) is 5.91 Å². The Bertz CT molecular complexity index is 482. The highest BCUT2D eigenvalue weighted by molar-refractivity contribution is 5.78. The third-order valence-electron chi connectivity index (χ3n) is 4.27. The van der Waals surface area contributed by atoms with Crippen molar-refractivity contribution in [2.75, 3.05) is 32.7 Å². The SMILES string of the molecule is O=C(CN1CC2CNCC2C1)NCc1ccccc1F. The molecule has 2 saturated heterocycles. The summed E-state index contributed by atoms with van der Waals surface area (Å²) >= 11 is 0. The summed E-state index contributed by atoms with van der Waals surface area (Å²) in [5, 5.41) is 6.18. The first-order chi connectivity index (χ1) is 9.72. The lowest BCUT2D eigenvalue weighted by molar-refractivity contribution is -0.122. The fraction of sp³-hybridized carbons (Fsp3) is 0.533. The van der Waals surface area contributed by atoms with Gasteiger partial charge in [-0.05, 0) is 31.0 Å². The summed E-state index contributed by atoms with van der Waals surface area (Å²) in [4.78, 5) is 14.1. The van der Waals surface area contributed by atoms with Crippen molar-refractivity contribution < 1.29 is 9.18 Å². The second kappa shape index (κ2) is 5.89. The second-order valence-electron chi connectivity index (χ2n) is 5.74. The minimum atomic E-state index is -0.269. The molecule has 0 saturated carbocycles. The molecule has 0 bridgehead atoms. The number of carbonyl (C=O) groups is 1. The summed E-state index contributed by atoms with van der Waals surface area (Å²) in [6, 6.07) is 6.54. The van der Waals surface area contributed by atoms with Crippen LogP contribution in [0.3, 0.4) is 0 Å². The number of benzene rings is 1. The zero-order valence-electron chi connectivity index (χ0n) is 11.4. The standard InChI is InChI=1S/C15H20FN3O/c16-14-4-2-1-3-11(14)7-18-15(20)10-19-8-12-5-17-6-13(12)9-19/h1-4,12-13,17H,5-10H2,(H,18,20). The van der Waals surface area contributed by atoms with Crippen LogP contribution in [0.2, 0.25) is 0 Å². The number of hydrogen-bond acceptors (Lipinski definition) is 3. The molecule has 20 heavy (non-hydrogen) atoms. The van der Waals surface area contributed by atoms with E-state index in [1.807, 2.05) is 0 Å². The lowest BCUT2D eigenvalue weighted by atomic mass is 10.0. The molecule has 1 aromatic carbocycles. The molecule has 1 amide bonds. The summed E-state index contributed by atoms with van der Waals surface area (Å²) in [6.45, 7) is 4.79. The Morgan fingerprint density at radius 1 is 1.30 bits per heavy atom. The molecule has 3 rings (SSSR count). The molecule has 1 aromatic rings. The van der Waals surface area contributed by atoms with E-state index in [4.69, 9.17) is 0 Å². The number of nitrogens with one attached hydrogen (secondary N) is 2. The Morgan fingerprint density at radius 3 is 2.70 bits per heavy atom. The Labute approximate surface area is 118 Å². The fourth-order valence-corrected chi connectivity index (χ4v) is 3.18. The quantitative estimate of drug-likeness (QED) is 0.847. The number of likely N-dealkylation sites (tertiary alicyclic amines) is 1. The molecule has 2 fully saturated rings. The number of nitrogens with zero attached hydrogens (tertiary/aromatic N) is 1. The van der Waals surface area contributed by atoms with E-state index in [1.54, 1.807) is 18.2 Å². The van der Waals surface area contributed by atoms with Crippen LogP contribution in [-0.2, 0) is 11.3 Å². The predicted molar refractivity (Wildman–Crippen MR) is 74.5 cm³/mol. The molecule has 2 aliphatic rings. The van der Waals surface area contributed by atoms with Crippen molar-refractivity contribution in [1.82, 2.24) is 15.5 Å². The normalized spacial score (nSPS) is 25.6. The van der Waals surface area contributed by atoms with Crippen molar-refractivity contribution in [3.05, 3.63) is 35.6 Å². The lowest BCUT2D eigenvalue weighted by Crippen LogP contribution is -2.37. The number of hydrogen-bond donors (Lipinski definition) is 2. The Kier molecular flexibility index (Phi) is 3.98. The minimum absolute atomic E-state index is 0.0267. The van der Waals surface area contributed by atoms with Crippen molar-refractivity contribution in [2.24, 2.45) is 11.8 Å². The molecule has 0 aromatic heterocycles. The number of rotatable bonds is 4. The van der Waals surface area contributed by atoms with Gasteiger partial charge >= 0.3 is 0 Å². The van der Waals surface area contributed by atoms with Gasteiger partial charge in [-0.15, -0.1) is 0 Å². The van der Waals surface area contributed by atoms with E-state index in [-0.39, 0.29) is 18.3 Å². The zero-order valence-corrected chi connectivity index (χ0v) is 11.4. The molecule has 2 atom stereocenters. The molecule has 2 aliphatic heterocycles. The van der Waals surface area contributed by atoms with Gasteiger partial charge in [0.1, 0.15) is 5.82 Å². The predicted octanol–water partition coefficient (Wildman–Crippen LogP) is 0.593. The van der Waals surface area contributed by atoms with Gasteiger partial charge in [0, 0.05) is 25.2 Å². The van der Waals surface area contributed by atoms with E-state index in [2.05, 4.69) is 15.5 Å². The van der Waals surface area contributed by atoms with E-state index in [1.165, 1.54) is 6.07 Å². The van der Waals surface area contributed by atoms with Crippen LogP contribution in [0, 0.1) is 17.7 Å². The van der Waals surface area contributed by atoms with Crippen molar-refractivity contribution >= 4 is 5.91 Å². The highest BCUT2D eigenvalue weighted by Crippen LogP contribution is 2.25. The largest absolute Gasteiger partial charge is 0.351 e. The average molecular weight is 277 g/mol. The van der Waals surface area contributed by atoms with Crippen molar-refractivity contribution in [3.8, 4) is 0 Å². The maximum absolute atomic E-state index is 13.4. The number of halogens is 1. The third-order valence-corrected chi connectivity index (χ3v) is 4.27. The van der Waals surface area contributed by atoms with Crippen LogP contribution in [0.1, 0.15) is 5.56 Å². The zero-order chi connectivity index (χ0) is 13.9. The van der Waals surface area contributed by atoms with Crippen molar-refractivity contribution in [1.29, 1.82) is 0 Å². The smallest absolute Gasteiger partial charge is 0.234 e. The molecule has 5 heteroatoms. The van der Waals surface area contributed by atoms with E-state index in [0.717, 1.165) is 26.2 Å². The first kappa shape index (κ1) is 13.5. The van der Waals surface area contributed by atoms with Gasteiger partial charge in [-0.2, -0.15) is 0 Å². The fourth-order valence-electron chi connectivity index (χ4n) is 3.18. The van der Waals surface area contributed by atoms with E-state index in [9.17, 15) is 9.18 Å². The monoisotopic (exact) mass is 277 g/mol. The number of amides is 1. The molecule has 0 spiro atoms. The second-order valence-corrected chi connectivity index (χ2v) is 5.74. The molecule has 4 nitrogen and oxygen atoms in total. The Morgan fingerprint density at radius 2 is 2.00 bits per heavy atom.